The average Bonchev–Trinajstić information content (AvgIpc) is 3.28. The van der Waals surface area contributed by atoms with Crippen molar-refractivity contribution in [1.29, 1.82) is 0 Å². The molecule has 5 rings (SSSR count). The fourth-order valence-electron chi connectivity index (χ4n) is 5.16. The quantitative estimate of drug-likeness (QED) is 0.675. The first-order valence-electron chi connectivity index (χ1n) is 12.0. The van der Waals surface area contributed by atoms with Crippen molar-refractivity contribution in [3.63, 3.8) is 0 Å². The van der Waals surface area contributed by atoms with Gasteiger partial charge in [-0.25, -0.2) is 4.52 Å². The zero-order valence-electron chi connectivity index (χ0n) is 19.2. The highest BCUT2D eigenvalue weighted by Crippen LogP contribution is 2.31. The Morgan fingerprint density at radius 2 is 1.67 bits per heavy atom. The normalized spacial score (nSPS) is 22.8. The van der Waals surface area contributed by atoms with Gasteiger partial charge in [-0.2, -0.15) is 22.1 Å². The summed E-state index contributed by atoms with van der Waals surface area (Å²) in [5, 5.41) is 4.40. The molecule has 9 nitrogen and oxygen atoms in total. The minimum atomic E-state index is -3.43. The van der Waals surface area contributed by atoms with E-state index >= 15 is 0 Å². The summed E-state index contributed by atoms with van der Waals surface area (Å²) in [6, 6.07) is 4.12. The van der Waals surface area contributed by atoms with E-state index < -0.39 is 10.2 Å². The molecule has 0 aliphatic carbocycles. The van der Waals surface area contributed by atoms with Gasteiger partial charge >= 0.3 is 0 Å². The summed E-state index contributed by atoms with van der Waals surface area (Å²) < 4.78 is 36.1. The zero-order valence-corrected chi connectivity index (χ0v) is 20.0. The summed E-state index contributed by atoms with van der Waals surface area (Å²) in [4.78, 5) is 15.1. The lowest BCUT2D eigenvalue weighted by molar-refractivity contribution is 0.0696. The monoisotopic (exact) mass is 475 g/mol. The fourth-order valence-corrected chi connectivity index (χ4v) is 6.77. The number of hydrogen-bond donors (Lipinski definition) is 0. The Bertz CT molecular complexity index is 1100. The third-order valence-electron chi connectivity index (χ3n) is 7.39. The second-order valence-electron chi connectivity index (χ2n) is 9.52. The number of amides is 1. The number of piperidine rings is 2. The van der Waals surface area contributed by atoms with Gasteiger partial charge in [-0.3, -0.25) is 4.79 Å². The lowest BCUT2D eigenvalue weighted by Gasteiger charge is -2.36. The molecule has 3 aliphatic rings. The molecule has 10 heteroatoms. The van der Waals surface area contributed by atoms with Gasteiger partial charge in [0.1, 0.15) is 0 Å². The Labute approximate surface area is 195 Å². The van der Waals surface area contributed by atoms with Gasteiger partial charge in [0.25, 0.3) is 16.1 Å². The van der Waals surface area contributed by atoms with Crippen LogP contribution in [0.3, 0.4) is 0 Å². The first kappa shape index (κ1) is 22.8. The maximum absolute atomic E-state index is 13.2. The topological polar surface area (TPSA) is 87.5 Å². The summed E-state index contributed by atoms with van der Waals surface area (Å²) in [6.07, 6.45) is 7.21. The van der Waals surface area contributed by atoms with Gasteiger partial charge in [0.2, 0.25) is 0 Å². The number of aromatic nitrogens is 2. The first-order valence-corrected chi connectivity index (χ1v) is 13.4. The Morgan fingerprint density at radius 1 is 1.00 bits per heavy atom. The largest absolute Gasteiger partial charge is 0.379 e. The van der Waals surface area contributed by atoms with Crippen LogP contribution < -0.4 is 0 Å². The van der Waals surface area contributed by atoms with E-state index in [0.29, 0.717) is 50.9 Å². The van der Waals surface area contributed by atoms with Gasteiger partial charge in [0.05, 0.1) is 30.5 Å². The van der Waals surface area contributed by atoms with Crippen LogP contribution in [0, 0.1) is 5.92 Å². The average molecular weight is 476 g/mol. The number of fused-ring (bicyclic) bond motifs is 1. The molecule has 2 aromatic heterocycles. The van der Waals surface area contributed by atoms with Crippen LogP contribution in [0.5, 0.6) is 0 Å². The van der Waals surface area contributed by atoms with Crippen molar-refractivity contribution in [3.8, 4) is 0 Å². The van der Waals surface area contributed by atoms with Crippen LogP contribution in [0.15, 0.2) is 24.5 Å². The number of hydrogen-bond acceptors (Lipinski definition) is 5. The molecule has 0 bridgehead atoms. The van der Waals surface area contributed by atoms with Gasteiger partial charge in [0.15, 0.2) is 0 Å². The van der Waals surface area contributed by atoms with E-state index in [4.69, 9.17) is 4.74 Å². The summed E-state index contributed by atoms with van der Waals surface area (Å²) in [5.41, 5.74) is 2.63. The fraction of sp³-hybridized carbons (Fsp3) is 0.652. The van der Waals surface area contributed by atoms with Crippen LogP contribution in [0.4, 0.5) is 0 Å². The van der Waals surface area contributed by atoms with Crippen LogP contribution in [-0.2, 0) is 14.9 Å². The van der Waals surface area contributed by atoms with Crippen molar-refractivity contribution >= 4 is 21.6 Å². The number of likely N-dealkylation sites (tertiary alicyclic amines) is 1. The number of carbonyl (C=O) groups excluding carboxylic acids is 1. The number of ether oxygens (including phenoxy) is 1. The van der Waals surface area contributed by atoms with E-state index in [1.165, 1.54) is 4.31 Å². The zero-order chi connectivity index (χ0) is 23.0. The number of rotatable bonds is 4. The molecule has 0 aromatic carbocycles. The van der Waals surface area contributed by atoms with E-state index in [0.717, 1.165) is 49.9 Å². The van der Waals surface area contributed by atoms with E-state index in [9.17, 15) is 13.2 Å². The first-order chi connectivity index (χ1) is 15.9. The molecular weight excluding hydrogens is 442 g/mol. The molecule has 0 atom stereocenters. The van der Waals surface area contributed by atoms with Crippen LogP contribution in [0.1, 0.15) is 54.4 Å². The van der Waals surface area contributed by atoms with Gasteiger partial charge in [-0.05, 0) is 55.2 Å². The second kappa shape index (κ2) is 9.32. The summed E-state index contributed by atoms with van der Waals surface area (Å²) in [6.45, 7) is 6.61. The molecule has 33 heavy (non-hydrogen) atoms. The van der Waals surface area contributed by atoms with Crippen molar-refractivity contribution in [2.75, 3.05) is 52.5 Å². The SMILES string of the molecule is CC1CCN(C(=O)c2cnn3ccc(C4CCN(S(=O)(=O)N5CCOCC5)CC4)cc23)CC1. The summed E-state index contributed by atoms with van der Waals surface area (Å²) in [5.74, 6) is 0.989. The second-order valence-corrected chi connectivity index (χ2v) is 11.4. The van der Waals surface area contributed by atoms with Gasteiger partial charge < -0.3 is 9.64 Å². The van der Waals surface area contributed by atoms with Crippen molar-refractivity contribution < 1.29 is 17.9 Å². The van der Waals surface area contributed by atoms with Gasteiger partial charge in [-0.1, -0.05) is 6.92 Å². The maximum Gasteiger partial charge on any atom is 0.282 e. The van der Waals surface area contributed by atoms with E-state index in [-0.39, 0.29) is 11.8 Å². The predicted octanol–water partition coefficient (Wildman–Crippen LogP) is 1.96. The Balaban J connectivity index is 1.29. The van der Waals surface area contributed by atoms with Crippen molar-refractivity contribution in [2.45, 2.75) is 38.5 Å². The maximum atomic E-state index is 13.2. The molecule has 3 aliphatic heterocycles. The third kappa shape index (κ3) is 4.53. The van der Waals surface area contributed by atoms with Crippen molar-refractivity contribution in [1.82, 2.24) is 23.1 Å². The number of morpholine rings is 1. The third-order valence-corrected chi connectivity index (χ3v) is 9.43. The Kier molecular flexibility index (Phi) is 6.43. The molecule has 0 saturated carbocycles. The van der Waals surface area contributed by atoms with E-state index in [1.807, 2.05) is 17.2 Å². The molecule has 1 amide bonds. The molecule has 180 valence electrons. The van der Waals surface area contributed by atoms with Crippen LogP contribution in [-0.4, -0.2) is 89.9 Å². The highest BCUT2D eigenvalue weighted by atomic mass is 32.2. The molecule has 3 saturated heterocycles. The summed E-state index contributed by atoms with van der Waals surface area (Å²) in [7, 11) is -3.43. The molecule has 3 fully saturated rings. The lowest BCUT2D eigenvalue weighted by atomic mass is 9.90. The summed E-state index contributed by atoms with van der Waals surface area (Å²) >= 11 is 0. The van der Waals surface area contributed by atoms with Gasteiger partial charge in [-0.15, -0.1) is 0 Å². The number of nitrogens with zero attached hydrogens (tertiary/aromatic N) is 5. The van der Waals surface area contributed by atoms with Crippen molar-refractivity contribution in [2.24, 2.45) is 5.92 Å². The predicted molar refractivity (Wildman–Crippen MR) is 124 cm³/mol. The standard InChI is InChI=1S/C23H33N5O4S/c1-18-2-7-25(8-3-18)23(29)21-17-24-28-11-6-20(16-22(21)28)19-4-9-26(10-5-19)33(30,31)27-12-14-32-15-13-27/h6,11,16-19H,2-5,7-10,12-15H2,1H3. The van der Waals surface area contributed by atoms with Gasteiger partial charge in [0, 0.05) is 45.5 Å². The molecule has 2 aromatic rings. The molecule has 0 N–H and O–H groups in total. The minimum Gasteiger partial charge on any atom is -0.379 e. The Morgan fingerprint density at radius 3 is 2.36 bits per heavy atom. The lowest BCUT2D eigenvalue weighted by Crippen LogP contribution is -2.50. The molecule has 0 radical (unpaired) electrons. The highest BCUT2D eigenvalue weighted by Gasteiger charge is 2.34. The Hall–Kier alpha value is -2.01. The van der Waals surface area contributed by atoms with E-state index in [1.54, 1.807) is 15.0 Å². The number of carbonyl (C=O) groups is 1. The van der Waals surface area contributed by atoms with E-state index in [2.05, 4.69) is 18.1 Å². The molecule has 0 unspecified atom stereocenters. The van der Waals surface area contributed by atoms with Crippen LogP contribution in [0.25, 0.3) is 5.52 Å². The number of pyridine rings is 1. The molecule has 0 spiro atoms. The van der Waals surface area contributed by atoms with Crippen molar-refractivity contribution in [3.05, 3.63) is 35.7 Å². The smallest absolute Gasteiger partial charge is 0.282 e. The minimum absolute atomic E-state index is 0.0560. The molecular formula is C23H33N5O4S. The van der Waals surface area contributed by atoms with Crippen LogP contribution in [0.2, 0.25) is 0 Å². The highest BCUT2D eigenvalue weighted by molar-refractivity contribution is 7.86. The van der Waals surface area contributed by atoms with Crippen LogP contribution >= 0.6 is 0 Å². The molecule has 5 heterocycles.